The van der Waals surface area contributed by atoms with Crippen molar-refractivity contribution in [3.8, 4) is 0 Å². The number of benzene rings is 1. The molecular weight excluding hydrogens is 321 g/mol. The Morgan fingerprint density at radius 2 is 2.09 bits per heavy atom. The number of ether oxygens (including phenoxy) is 1. The molecule has 1 N–H and O–H groups in total. The average molecular weight is 332 g/mol. The van der Waals surface area contributed by atoms with E-state index >= 15 is 0 Å². The molecular formula is C15H11FN3O3S. The molecule has 1 aliphatic heterocycles. The van der Waals surface area contributed by atoms with Crippen molar-refractivity contribution in [3.05, 3.63) is 51.7 Å². The summed E-state index contributed by atoms with van der Waals surface area (Å²) in [7, 11) is 0. The second kappa shape index (κ2) is 6.17. The lowest BCUT2D eigenvalue weighted by Crippen LogP contribution is -2.21. The molecule has 3 rings (SSSR count). The first-order valence-corrected chi connectivity index (χ1v) is 7.62. The van der Waals surface area contributed by atoms with Crippen LogP contribution in [-0.4, -0.2) is 23.5 Å². The molecule has 8 heteroatoms. The van der Waals surface area contributed by atoms with E-state index in [1.165, 1.54) is 35.6 Å². The maximum absolute atomic E-state index is 13.1. The lowest BCUT2D eigenvalue weighted by atomic mass is 10.0. The monoisotopic (exact) mass is 332 g/mol. The molecule has 1 amide bonds. The number of carbonyl (C=O) groups is 2. The molecule has 0 aliphatic carbocycles. The second-order valence-corrected chi connectivity index (χ2v) is 5.40. The van der Waals surface area contributed by atoms with Gasteiger partial charge in [-0.15, -0.1) is 11.3 Å². The fraction of sp³-hybridized carbons (Fsp3) is 0.133. The molecule has 0 fully saturated rings. The Morgan fingerprint density at radius 3 is 2.78 bits per heavy atom. The van der Waals surface area contributed by atoms with E-state index in [-0.39, 0.29) is 17.9 Å². The predicted octanol–water partition coefficient (Wildman–Crippen LogP) is 1.98. The number of halogens is 1. The van der Waals surface area contributed by atoms with Crippen LogP contribution in [0.4, 0.5) is 4.39 Å². The number of nitrogens with one attached hydrogen (secondary N) is 1. The van der Waals surface area contributed by atoms with E-state index in [2.05, 4.69) is 15.8 Å². The van der Waals surface area contributed by atoms with Gasteiger partial charge in [0.2, 0.25) is 0 Å². The number of esters is 1. The Balaban J connectivity index is 2.00. The van der Waals surface area contributed by atoms with Crippen LogP contribution in [0.25, 0.3) is 11.3 Å². The van der Waals surface area contributed by atoms with Gasteiger partial charge in [-0.25, -0.2) is 19.6 Å². The summed E-state index contributed by atoms with van der Waals surface area (Å²) in [5.41, 5.74) is 7.62. The molecule has 0 spiro atoms. The van der Waals surface area contributed by atoms with Crippen molar-refractivity contribution in [3.63, 3.8) is 0 Å². The SMILES string of the molecule is CCOC(=O)c1csc(C2=C(c3ccc(F)cc3)C(=O)N[N]2)n1. The third-order valence-corrected chi connectivity index (χ3v) is 3.91. The molecule has 1 aromatic carbocycles. The first kappa shape index (κ1) is 15.2. The minimum atomic E-state index is -0.531. The van der Waals surface area contributed by atoms with E-state index in [1.807, 2.05) is 0 Å². The zero-order valence-corrected chi connectivity index (χ0v) is 12.8. The molecule has 1 aromatic heterocycles. The predicted molar refractivity (Wildman–Crippen MR) is 81.6 cm³/mol. The van der Waals surface area contributed by atoms with Gasteiger partial charge in [-0.2, -0.15) is 5.43 Å². The Bertz CT molecular complexity index is 799. The topological polar surface area (TPSA) is 82.4 Å². The van der Waals surface area contributed by atoms with E-state index in [4.69, 9.17) is 4.74 Å². The number of nitrogens with zero attached hydrogens (tertiary/aromatic N) is 2. The molecule has 1 aliphatic rings. The van der Waals surface area contributed by atoms with Gasteiger partial charge in [0.1, 0.15) is 16.5 Å². The number of amides is 1. The van der Waals surface area contributed by atoms with Crippen LogP contribution in [0.2, 0.25) is 0 Å². The quantitative estimate of drug-likeness (QED) is 0.868. The molecule has 0 atom stereocenters. The summed E-state index contributed by atoms with van der Waals surface area (Å²) in [6.07, 6.45) is 0. The van der Waals surface area contributed by atoms with Crippen molar-refractivity contribution >= 4 is 34.5 Å². The lowest BCUT2D eigenvalue weighted by Gasteiger charge is -2.01. The van der Waals surface area contributed by atoms with Crippen molar-refractivity contribution in [1.29, 1.82) is 0 Å². The van der Waals surface area contributed by atoms with Gasteiger partial charge in [0.05, 0.1) is 12.2 Å². The van der Waals surface area contributed by atoms with Gasteiger partial charge in [0.15, 0.2) is 5.69 Å². The normalized spacial score (nSPS) is 13.7. The zero-order chi connectivity index (χ0) is 16.4. The number of thiazole rings is 1. The molecule has 0 bridgehead atoms. The Labute approximate surface area is 135 Å². The van der Waals surface area contributed by atoms with Gasteiger partial charge in [-0.3, -0.25) is 4.79 Å². The fourth-order valence-corrected chi connectivity index (χ4v) is 2.83. The first-order chi connectivity index (χ1) is 11.1. The highest BCUT2D eigenvalue weighted by Gasteiger charge is 2.29. The molecule has 2 heterocycles. The van der Waals surface area contributed by atoms with E-state index in [0.717, 1.165) is 0 Å². The minimum absolute atomic E-state index is 0.160. The lowest BCUT2D eigenvalue weighted by molar-refractivity contribution is -0.115. The summed E-state index contributed by atoms with van der Waals surface area (Å²) in [4.78, 5) is 27.9. The van der Waals surface area contributed by atoms with Crippen molar-refractivity contribution in [1.82, 2.24) is 15.8 Å². The highest BCUT2D eigenvalue weighted by Crippen LogP contribution is 2.30. The van der Waals surface area contributed by atoms with Gasteiger partial charge in [0, 0.05) is 5.38 Å². The average Bonchev–Trinajstić information content (AvgIpc) is 3.15. The van der Waals surface area contributed by atoms with Crippen molar-refractivity contribution < 1.29 is 18.7 Å². The molecule has 23 heavy (non-hydrogen) atoms. The van der Waals surface area contributed by atoms with Crippen molar-refractivity contribution in [2.75, 3.05) is 6.61 Å². The molecule has 1 radical (unpaired) electrons. The molecule has 0 unspecified atom stereocenters. The van der Waals surface area contributed by atoms with Crippen LogP contribution in [-0.2, 0) is 9.53 Å². The van der Waals surface area contributed by atoms with Crippen LogP contribution < -0.4 is 10.9 Å². The fourth-order valence-electron chi connectivity index (χ4n) is 2.05. The third-order valence-electron chi connectivity index (χ3n) is 3.06. The van der Waals surface area contributed by atoms with E-state index in [9.17, 15) is 14.0 Å². The number of rotatable bonds is 4. The molecule has 2 aromatic rings. The molecule has 0 saturated heterocycles. The number of carbonyl (C=O) groups excluding carboxylic acids is 2. The molecule has 117 valence electrons. The zero-order valence-electron chi connectivity index (χ0n) is 12.0. The summed E-state index contributed by atoms with van der Waals surface area (Å²) >= 11 is 1.17. The maximum atomic E-state index is 13.1. The van der Waals surface area contributed by atoms with Gasteiger partial charge >= 0.3 is 5.97 Å². The maximum Gasteiger partial charge on any atom is 0.357 e. The summed E-state index contributed by atoms with van der Waals surface area (Å²) in [6.45, 7) is 1.95. The Morgan fingerprint density at radius 1 is 1.35 bits per heavy atom. The summed E-state index contributed by atoms with van der Waals surface area (Å²) in [5, 5.41) is 1.95. The van der Waals surface area contributed by atoms with Crippen LogP contribution in [0.5, 0.6) is 0 Å². The standard InChI is InChI=1S/C15H11FN3O3S/c1-2-22-15(21)10-7-23-14(17-10)12-11(13(20)19-18-12)8-3-5-9(16)6-4-8/h3-7H,2H2,1H3,(H,19,20). The minimum Gasteiger partial charge on any atom is -0.461 e. The molecule has 6 nitrogen and oxygen atoms in total. The first-order valence-electron chi connectivity index (χ1n) is 6.74. The summed E-state index contributed by atoms with van der Waals surface area (Å²) < 4.78 is 17.9. The van der Waals surface area contributed by atoms with Crippen LogP contribution in [0, 0.1) is 5.82 Å². The van der Waals surface area contributed by atoms with Crippen LogP contribution in [0.3, 0.4) is 0 Å². The van der Waals surface area contributed by atoms with Gasteiger partial charge in [0.25, 0.3) is 5.91 Å². The van der Waals surface area contributed by atoms with E-state index in [0.29, 0.717) is 16.3 Å². The van der Waals surface area contributed by atoms with Crippen molar-refractivity contribution in [2.45, 2.75) is 6.92 Å². The van der Waals surface area contributed by atoms with Gasteiger partial charge in [-0.05, 0) is 24.6 Å². The third kappa shape index (κ3) is 2.93. The largest absolute Gasteiger partial charge is 0.461 e. The van der Waals surface area contributed by atoms with E-state index in [1.54, 1.807) is 12.3 Å². The Kier molecular flexibility index (Phi) is 4.07. The Hall–Kier alpha value is -2.74. The van der Waals surface area contributed by atoms with Gasteiger partial charge in [-0.1, -0.05) is 12.1 Å². The van der Waals surface area contributed by atoms with Crippen LogP contribution in [0.15, 0.2) is 29.6 Å². The number of aromatic nitrogens is 1. The second-order valence-electron chi connectivity index (χ2n) is 4.54. The van der Waals surface area contributed by atoms with Crippen molar-refractivity contribution in [2.24, 2.45) is 0 Å². The number of hydrogen-bond acceptors (Lipinski definition) is 5. The highest BCUT2D eigenvalue weighted by atomic mass is 32.1. The van der Waals surface area contributed by atoms with Gasteiger partial charge < -0.3 is 4.74 Å². The smallest absolute Gasteiger partial charge is 0.357 e. The summed E-state index contributed by atoms with van der Waals surface area (Å²) in [5.74, 6) is -1.33. The van der Waals surface area contributed by atoms with Crippen LogP contribution in [0.1, 0.15) is 28.0 Å². The van der Waals surface area contributed by atoms with Crippen LogP contribution >= 0.6 is 11.3 Å². The number of hydrogen-bond donors (Lipinski definition) is 1. The summed E-state index contributed by atoms with van der Waals surface area (Å²) in [6, 6.07) is 5.50. The molecule has 0 saturated carbocycles. The highest BCUT2D eigenvalue weighted by molar-refractivity contribution is 7.11. The van der Waals surface area contributed by atoms with E-state index < -0.39 is 17.7 Å².